The molecule has 0 aliphatic rings. The molecule has 0 fully saturated rings. The second kappa shape index (κ2) is 5.46. The van der Waals surface area contributed by atoms with Gasteiger partial charge in [-0.05, 0) is 34.5 Å². The van der Waals surface area contributed by atoms with Crippen LogP contribution in [0.1, 0.15) is 13.3 Å². The molecule has 0 radical (unpaired) electrons. The molecule has 17 heavy (non-hydrogen) atoms. The number of fused-ring (bicyclic) bond motifs is 1. The Morgan fingerprint density at radius 3 is 3.06 bits per heavy atom. The number of nitrogens with one attached hydrogen (secondary N) is 1. The molecule has 2 heterocycles. The van der Waals surface area contributed by atoms with E-state index in [0.717, 1.165) is 16.5 Å². The van der Waals surface area contributed by atoms with Crippen LogP contribution in [0.3, 0.4) is 0 Å². The number of anilines is 1. The van der Waals surface area contributed by atoms with Crippen molar-refractivity contribution in [3.8, 4) is 0 Å². The van der Waals surface area contributed by atoms with Crippen LogP contribution in [-0.4, -0.2) is 34.4 Å². The molecule has 2 aromatic rings. The van der Waals surface area contributed by atoms with Crippen molar-refractivity contribution in [1.29, 1.82) is 0 Å². The molecule has 0 saturated heterocycles. The Morgan fingerprint density at radius 1 is 1.53 bits per heavy atom. The van der Waals surface area contributed by atoms with Crippen molar-refractivity contribution >= 4 is 27.5 Å². The van der Waals surface area contributed by atoms with Gasteiger partial charge < -0.3 is 10.1 Å². The number of hydrogen-bond acceptors (Lipinski definition) is 4. The highest BCUT2D eigenvalue weighted by Gasteiger charge is 2.09. The Hall–Kier alpha value is -1.14. The summed E-state index contributed by atoms with van der Waals surface area (Å²) >= 11 is 3.40. The van der Waals surface area contributed by atoms with Crippen LogP contribution in [0.4, 0.5) is 5.95 Å². The molecule has 6 heteroatoms. The molecule has 0 aliphatic heterocycles. The van der Waals surface area contributed by atoms with E-state index in [1.165, 1.54) is 0 Å². The second-order valence-electron chi connectivity index (χ2n) is 3.79. The largest absolute Gasteiger partial charge is 0.383 e. The lowest BCUT2D eigenvalue weighted by molar-refractivity contribution is 0.184. The minimum Gasteiger partial charge on any atom is -0.383 e. The lowest BCUT2D eigenvalue weighted by Gasteiger charge is -2.13. The van der Waals surface area contributed by atoms with E-state index in [0.29, 0.717) is 12.6 Å². The second-order valence-corrected chi connectivity index (χ2v) is 4.71. The van der Waals surface area contributed by atoms with E-state index < -0.39 is 0 Å². The fraction of sp³-hybridized carbons (Fsp3) is 0.455. The van der Waals surface area contributed by atoms with E-state index >= 15 is 0 Å². The number of rotatable bonds is 5. The Kier molecular flexibility index (Phi) is 3.96. The standard InChI is InChI=1S/C11H15BrN4O/c1-3-9(7-17-2)13-11-14-10-5-4-8(12)6-16(10)15-11/h4-6,9H,3,7H2,1-2H3,(H,13,15). The molecule has 1 unspecified atom stereocenters. The molecule has 0 bridgehead atoms. The molecule has 0 aromatic carbocycles. The molecule has 2 rings (SSSR count). The highest BCUT2D eigenvalue weighted by Crippen LogP contribution is 2.13. The Morgan fingerprint density at radius 2 is 2.35 bits per heavy atom. The third-order valence-corrected chi connectivity index (χ3v) is 2.96. The molecule has 0 amide bonds. The zero-order chi connectivity index (χ0) is 12.3. The minimum absolute atomic E-state index is 0.237. The summed E-state index contributed by atoms with van der Waals surface area (Å²) in [4.78, 5) is 4.39. The fourth-order valence-corrected chi connectivity index (χ4v) is 1.89. The van der Waals surface area contributed by atoms with Crippen LogP contribution in [-0.2, 0) is 4.74 Å². The van der Waals surface area contributed by atoms with Gasteiger partial charge in [-0.2, -0.15) is 4.98 Å². The zero-order valence-electron chi connectivity index (χ0n) is 9.85. The van der Waals surface area contributed by atoms with Crippen LogP contribution in [0.5, 0.6) is 0 Å². The topological polar surface area (TPSA) is 51.5 Å². The predicted molar refractivity (Wildman–Crippen MR) is 70.3 cm³/mol. The van der Waals surface area contributed by atoms with Gasteiger partial charge in [0.05, 0.1) is 12.6 Å². The number of ether oxygens (including phenoxy) is 1. The summed E-state index contributed by atoms with van der Waals surface area (Å²) in [5.74, 6) is 0.631. The average Bonchev–Trinajstić information content (AvgIpc) is 2.69. The smallest absolute Gasteiger partial charge is 0.243 e. The molecular weight excluding hydrogens is 284 g/mol. The summed E-state index contributed by atoms with van der Waals surface area (Å²) in [7, 11) is 1.69. The summed E-state index contributed by atoms with van der Waals surface area (Å²) in [6.45, 7) is 2.75. The Balaban J connectivity index is 2.18. The molecule has 5 nitrogen and oxygen atoms in total. The summed E-state index contributed by atoms with van der Waals surface area (Å²) in [5.41, 5.74) is 0.822. The number of halogens is 1. The monoisotopic (exact) mass is 298 g/mol. The quantitative estimate of drug-likeness (QED) is 0.920. The Labute approximate surface area is 108 Å². The van der Waals surface area contributed by atoms with E-state index in [4.69, 9.17) is 4.74 Å². The number of aromatic nitrogens is 3. The molecule has 0 saturated carbocycles. The van der Waals surface area contributed by atoms with E-state index in [-0.39, 0.29) is 6.04 Å². The first-order valence-electron chi connectivity index (χ1n) is 5.50. The third-order valence-electron chi connectivity index (χ3n) is 2.49. The van der Waals surface area contributed by atoms with Crippen LogP contribution in [0, 0.1) is 0 Å². The van der Waals surface area contributed by atoms with Gasteiger partial charge in [-0.15, -0.1) is 5.10 Å². The van der Waals surface area contributed by atoms with Crippen LogP contribution >= 0.6 is 15.9 Å². The lowest BCUT2D eigenvalue weighted by atomic mass is 10.2. The van der Waals surface area contributed by atoms with Crippen molar-refractivity contribution in [2.75, 3.05) is 19.0 Å². The van der Waals surface area contributed by atoms with Gasteiger partial charge in [0, 0.05) is 17.8 Å². The highest BCUT2D eigenvalue weighted by atomic mass is 79.9. The molecule has 0 aliphatic carbocycles. The lowest BCUT2D eigenvalue weighted by Crippen LogP contribution is -2.24. The van der Waals surface area contributed by atoms with Gasteiger partial charge in [0.1, 0.15) is 0 Å². The number of pyridine rings is 1. The zero-order valence-corrected chi connectivity index (χ0v) is 11.4. The van der Waals surface area contributed by atoms with Crippen LogP contribution in [0.15, 0.2) is 22.8 Å². The van der Waals surface area contributed by atoms with E-state index in [1.54, 1.807) is 11.6 Å². The highest BCUT2D eigenvalue weighted by molar-refractivity contribution is 9.10. The first-order chi connectivity index (χ1) is 8.22. The van der Waals surface area contributed by atoms with Gasteiger partial charge in [0.15, 0.2) is 5.65 Å². The summed E-state index contributed by atoms with van der Waals surface area (Å²) in [6, 6.07) is 4.10. The van der Waals surface area contributed by atoms with Gasteiger partial charge in [-0.1, -0.05) is 6.92 Å². The van der Waals surface area contributed by atoms with Crippen LogP contribution in [0.2, 0.25) is 0 Å². The maximum atomic E-state index is 5.13. The third kappa shape index (κ3) is 2.95. The average molecular weight is 299 g/mol. The Bertz CT molecular complexity index is 499. The molecule has 1 N–H and O–H groups in total. The van der Waals surface area contributed by atoms with Crippen molar-refractivity contribution in [1.82, 2.24) is 14.6 Å². The minimum atomic E-state index is 0.237. The summed E-state index contributed by atoms with van der Waals surface area (Å²) in [6.07, 6.45) is 2.85. The normalized spacial score (nSPS) is 12.9. The van der Waals surface area contributed by atoms with Crippen LogP contribution < -0.4 is 5.32 Å². The predicted octanol–water partition coefficient (Wildman–Crippen LogP) is 2.33. The summed E-state index contributed by atoms with van der Waals surface area (Å²) in [5, 5.41) is 7.61. The first kappa shape index (κ1) is 12.3. The van der Waals surface area contributed by atoms with Gasteiger partial charge in [-0.3, -0.25) is 0 Å². The molecule has 1 atom stereocenters. The number of hydrogen-bond donors (Lipinski definition) is 1. The van der Waals surface area contributed by atoms with Gasteiger partial charge in [-0.25, -0.2) is 4.52 Å². The molecule has 92 valence electrons. The van der Waals surface area contributed by atoms with E-state index in [9.17, 15) is 0 Å². The van der Waals surface area contributed by atoms with Crippen LogP contribution in [0.25, 0.3) is 5.65 Å². The molecule has 0 spiro atoms. The van der Waals surface area contributed by atoms with Crippen molar-refractivity contribution in [3.63, 3.8) is 0 Å². The molecular formula is C11H15BrN4O. The van der Waals surface area contributed by atoms with Crippen molar-refractivity contribution in [3.05, 3.63) is 22.8 Å². The number of methoxy groups -OCH3 is 1. The number of nitrogens with zero attached hydrogens (tertiary/aromatic N) is 3. The van der Waals surface area contributed by atoms with Crippen molar-refractivity contribution < 1.29 is 4.74 Å². The van der Waals surface area contributed by atoms with Gasteiger partial charge in [0.25, 0.3) is 0 Å². The van der Waals surface area contributed by atoms with E-state index in [1.807, 2.05) is 18.3 Å². The summed E-state index contributed by atoms with van der Waals surface area (Å²) < 4.78 is 7.85. The fourth-order valence-electron chi connectivity index (χ4n) is 1.56. The maximum Gasteiger partial charge on any atom is 0.243 e. The van der Waals surface area contributed by atoms with Gasteiger partial charge in [0.2, 0.25) is 5.95 Å². The SMILES string of the molecule is CCC(COC)Nc1nc2ccc(Br)cn2n1. The van der Waals surface area contributed by atoms with Gasteiger partial charge >= 0.3 is 0 Å². The van der Waals surface area contributed by atoms with Crippen molar-refractivity contribution in [2.24, 2.45) is 0 Å². The molecule has 2 aromatic heterocycles. The van der Waals surface area contributed by atoms with E-state index in [2.05, 4.69) is 38.3 Å². The maximum absolute atomic E-state index is 5.13. The first-order valence-corrected chi connectivity index (χ1v) is 6.29. The van der Waals surface area contributed by atoms with Crippen molar-refractivity contribution in [2.45, 2.75) is 19.4 Å².